The van der Waals surface area contributed by atoms with Crippen LogP contribution < -0.4 is 4.74 Å². The van der Waals surface area contributed by atoms with Crippen molar-refractivity contribution >= 4 is 37.2 Å². The first kappa shape index (κ1) is 34.1. The van der Waals surface area contributed by atoms with Crippen molar-refractivity contribution < 1.29 is 28.1 Å². The Balaban J connectivity index is 1.13. The number of pyridine rings is 2. The van der Waals surface area contributed by atoms with Crippen LogP contribution in [-0.2, 0) is 36.2 Å². The normalized spacial score (nSPS) is 27.6. The van der Waals surface area contributed by atoms with Gasteiger partial charge in [-0.15, -0.1) is 0 Å². The molecule has 7 rings (SSSR count). The fraction of sp³-hybridized carbons (Fsp3) is 0.639. The van der Waals surface area contributed by atoms with Crippen LogP contribution in [-0.4, -0.2) is 85.8 Å². The molecule has 2 unspecified atom stereocenters. The fourth-order valence-electron chi connectivity index (χ4n) is 7.13. The van der Waals surface area contributed by atoms with Crippen molar-refractivity contribution in [2.24, 2.45) is 0 Å². The largest absolute Gasteiger partial charge is 0.456 e. The van der Waals surface area contributed by atoms with Crippen LogP contribution in [0.25, 0.3) is 17.2 Å². The molecule has 6 atom stereocenters. The molecule has 3 aromatic rings. The first-order valence-electron chi connectivity index (χ1n) is 17.4. The minimum Gasteiger partial charge on any atom is -0.456 e. The van der Waals surface area contributed by atoms with E-state index in [0.717, 1.165) is 54.7 Å². The zero-order valence-electron chi connectivity index (χ0n) is 29.0. The number of fused-ring (bicyclic) bond motifs is 3. The third kappa shape index (κ3) is 6.71. The maximum Gasteiger partial charge on any atom is 0.301 e. The predicted octanol–water partition coefficient (Wildman–Crippen LogP) is 7.05. The lowest BCUT2D eigenvalue weighted by molar-refractivity contribution is -0.0406. The summed E-state index contributed by atoms with van der Waals surface area (Å²) in [6.45, 7) is 13.4. The van der Waals surface area contributed by atoms with Crippen molar-refractivity contribution in [1.82, 2.24) is 19.5 Å². The molecule has 12 heteroatoms. The summed E-state index contributed by atoms with van der Waals surface area (Å²) in [5.41, 5.74) is 5.76. The smallest absolute Gasteiger partial charge is 0.301 e. The number of hydrogen-bond acceptors (Lipinski definition) is 9. The molecule has 0 saturated carbocycles. The van der Waals surface area contributed by atoms with Crippen molar-refractivity contribution in [3.05, 3.63) is 51.9 Å². The quantitative estimate of drug-likeness (QED) is 0.207. The maximum absolute atomic E-state index is 6.92. The summed E-state index contributed by atoms with van der Waals surface area (Å²) in [7, 11) is -0.303. The third-order valence-electron chi connectivity index (χ3n) is 10.8. The second-order valence-electron chi connectivity index (χ2n) is 15.1. The van der Waals surface area contributed by atoms with Gasteiger partial charge in [-0.3, -0.25) is 9.55 Å². The molecule has 3 aromatic heterocycles. The van der Waals surface area contributed by atoms with E-state index in [0.29, 0.717) is 49.4 Å². The van der Waals surface area contributed by atoms with Gasteiger partial charge in [0.2, 0.25) is 0 Å². The highest BCUT2D eigenvalue weighted by Crippen LogP contribution is 2.42. The molecule has 3 fully saturated rings. The molecule has 0 radical (unpaired) electrons. The predicted molar refractivity (Wildman–Crippen MR) is 187 cm³/mol. The van der Waals surface area contributed by atoms with Crippen LogP contribution in [0.2, 0.25) is 23.2 Å². The van der Waals surface area contributed by atoms with Gasteiger partial charge in [0.1, 0.15) is 24.0 Å². The molecule has 0 N–H and O–H groups in total. The van der Waals surface area contributed by atoms with Crippen LogP contribution in [0.3, 0.4) is 0 Å². The average molecular weight is 697 g/mol. The van der Waals surface area contributed by atoms with E-state index >= 15 is 0 Å². The van der Waals surface area contributed by atoms with E-state index in [9.17, 15) is 0 Å². The van der Waals surface area contributed by atoms with E-state index in [1.165, 1.54) is 5.56 Å². The molecule has 48 heavy (non-hydrogen) atoms. The van der Waals surface area contributed by atoms with Crippen molar-refractivity contribution in [2.45, 2.75) is 114 Å². The van der Waals surface area contributed by atoms with Crippen LogP contribution >= 0.6 is 11.6 Å². The Morgan fingerprint density at radius 2 is 1.83 bits per heavy atom. The van der Waals surface area contributed by atoms with Crippen LogP contribution in [0.1, 0.15) is 81.1 Å². The number of imidazole rings is 1. The Kier molecular flexibility index (Phi) is 9.75. The lowest BCUT2D eigenvalue weighted by atomic mass is 9.99. The average Bonchev–Trinajstić information content (AvgIpc) is 3.82. The van der Waals surface area contributed by atoms with Crippen molar-refractivity contribution in [3.63, 3.8) is 0 Å². The molecule has 6 heterocycles. The van der Waals surface area contributed by atoms with E-state index in [4.69, 9.17) is 54.7 Å². The van der Waals surface area contributed by atoms with Gasteiger partial charge in [0.25, 0.3) is 0 Å². The summed E-state index contributed by atoms with van der Waals surface area (Å²) < 4.78 is 39.5. The first-order valence-corrected chi connectivity index (χ1v) is 20.7. The molecule has 0 bridgehead atoms. The van der Waals surface area contributed by atoms with Gasteiger partial charge in [-0.25, -0.2) is 4.98 Å². The van der Waals surface area contributed by atoms with Crippen LogP contribution in [0.4, 0.5) is 0 Å². The van der Waals surface area contributed by atoms with Crippen LogP contribution in [0.5, 0.6) is 6.01 Å². The maximum atomic E-state index is 6.92. The SMILES string of the molecule is COC/C=C/c1cnc2c(c1)CCC2Cc1nc2c(cc1Cl)nc(O[C@@H]1CO[C@H]3[C@@H]1OC[C@H]3O[Si](C)(C)C(C)(C)C)n2C1CCCCO1. The Labute approximate surface area is 289 Å². The highest BCUT2D eigenvalue weighted by Gasteiger charge is 2.52. The lowest BCUT2D eigenvalue weighted by Crippen LogP contribution is -2.47. The Bertz CT molecular complexity index is 1650. The summed E-state index contributed by atoms with van der Waals surface area (Å²) in [5.74, 6) is 0.242. The minimum absolute atomic E-state index is 0.0977. The number of aryl methyl sites for hydroxylation is 1. The monoisotopic (exact) mass is 696 g/mol. The van der Waals surface area contributed by atoms with Gasteiger partial charge in [-0.05, 0) is 79.9 Å². The number of halogens is 1. The summed E-state index contributed by atoms with van der Waals surface area (Å²) in [4.78, 5) is 15.0. The zero-order chi connectivity index (χ0) is 33.6. The van der Waals surface area contributed by atoms with E-state index in [2.05, 4.69) is 46.0 Å². The standard InChI is InChI=1S/C36H49ClN4O6Si/c1-36(2,3)48(5,6)47-29-21-45-32-28(20-44-33(29)32)46-35-40-27-18-25(37)26(39-34(27)41(35)30-11-7-8-15-43-30)17-24-13-12-23-16-22(10-9-14-42-4)19-38-31(23)24/h9-10,16,18-19,24,28-30,32-33H,7-8,11-15,17,20-21H2,1-6H3/b10-9+/t24?,28-,29-,30?,32-,33-/m1/s1. The minimum atomic E-state index is -2.00. The zero-order valence-corrected chi connectivity index (χ0v) is 30.8. The van der Waals surface area contributed by atoms with E-state index < -0.39 is 8.32 Å². The molecule has 3 saturated heterocycles. The fourth-order valence-corrected chi connectivity index (χ4v) is 8.66. The molecule has 260 valence electrons. The number of ether oxygens (including phenoxy) is 5. The van der Waals surface area contributed by atoms with Gasteiger partial charge in [0.15, 0.2) is 20.1 Å². The van der Waals surface area contributed by atoms with E-state index in [1.54, 1.807) is 7.11 Å². The highest BCUT2D eigenvalue weighted by atomic mass is 35.5. The summed E-state index contributed by atoms with van der Waals surface area (Å²) in [6.07, 6.45) is 10.6. The number of nitrogens with zero attached hydrogens (tertiary/aromatic N) is 4. The Morgan fingerprint density at radius 3 is 2.58 bits per heavy atom. The third-order valence-corrected chi connectivity index (χ3v) is 15.6. The van der Waals surface area contributed by atoms with E-state index in [-0.39, 0.29) is 41.6 Å². The molecule has 4 aliphatic rings. The topological polar surface area (TPSA) is 99.0 Å². The van der Waals surface area contributed by atoms with Gasteiger partial charge in [0, 0.05) is 31.5 Å². The number of hydrogen-bond donors (Lipinski definition) is 0. The number of methoxy groups -OCH3 is 1. The highest BCUT2D eigenvalue weighted by molar-refractivity contribution is 6.74. The van der Waals surface area contributed by atoms with E-state index in [1.807, 2.05) is 22.9 Å². The summed E-state index contributed by atoms with van der Waals surface area (Å²) >= 11 is 6.92. The second kappa shape index (κ2) is 13.7. The summed E-state index contributed by atoms with van der Waals surface area (Å²) in [5, 5.41) is 0.699. The summed E-state index contributed by atoms with van der Waals surface area (Å²) in [6, 6.07) is 4.62. The van der Waals surface area contributed by atoms with Crippen molar-refractivity contribution in [3.8, 4) is 6.01 Å². The molecule has 1 aliphatic carbocycles. The van der Waals surface area contributed by atoms with Gasteiger partial charge in [-0.1, -0.05) is 44.5 Å². The van der Waals surface area contributed by atoms with Gasteiger partial charge in [0.05, 0.1) is 36.6 Å². The lowest BCUT2D eigenvalue weighted by Gasteiger charge is -2.39. The van der Waals surface area contributed by atoms with Crippen LogP contribution in [0.15, 0.2) is 24.4 Å². The molecular weight excluding hydrogens is 648 g/mol. The Morgan fingerprint density at radius 1 is 1.04 bits per heavy atom. The molecule has 0 spiro atoms. The molecular formula is C36H49ClN4O6Si. The molecule has 0 aromatic carbocycles. The molecule has 0 amide bonds. The van der Waals surface area contributed by atoms with Crippen LogP contribution in [0, 0.1) is 0 Å². The molecule has 10 nitrogen and oxygen atoms in total. The molecule has 3 aliphatic heterocycles. The second-order valence-corrected chi connectivity index (χ2v) is 20.3. The van der Waals surface area contributed by atoms with Crippen molar-refractivity contribution in [1.29, 1.82) is 0 Å². The van der Waals surface area contributed by atoms with Crippen molar-refractivity contribution in [2.75, 3.05) is 33.5 Å². The van der Waals surface area contributed by atoms with Gasteiger partial charge in [-0.2, -0.15) is 4.98 Å². The first-order chi connectivity index (χ1) is 23.0. The number of rotatable bonds is 10. The van der Waals surface area contributed by atoms with Gasteiger partial charge < -0.3 is 28.1 Å². The Hall–Kier alpha value is -2.38. The number of aromatic nitrogens is 4. The van der Waals surface area contributed by atoms with Gasteiger partial charge >= 0.3 is 6.01 Å².